The fourth-order valence-electron chi connectivity index (χ4n) is 2.41. The van der Waals surface area contributed by atoms with Gasteiger partial charge in [-0.1, -0.05) is 26.7 Å². The predicted octanol–water partition coefficient (Wildman–Crippen LogP) is 2.23. The smallest absolute Gasteiger partial charge is 0.320 e. The van der Waals surface area contributed by atoms with Crippen LogP contribution in [-0.2, 0) is 0 Å². The molecule has 4 rings (SSSR count). The summed E-state index contributed by atoms with van der Waals surface area (Å²) < 4.78 is 10.7. The average Bonchev–Trinajstić information content (AvgIpc) is 3.39. The monoisotopic (exact) mass is 414 g/mol. The minimum absolute atomic E-state index is 0.292. The number of unbranched alkanes of at least 4 members (excludes halogenated alkanes) is 2. The molecule has 4 heterocycles. The van der Waals surface area contributed by atoms with Gasteiger partial charge in [0.1, 0.15) is 11.0 Å². The number of rotatable bonds is 8. The van der Waals surface area contributed by atoms with Gasteiger partial charge in [0.05, 0.1) is 25.9 Å². The largest absolute Gasteiger partial charge is 0.463 e. The summed E-state index contributed by atoms with van der Waals surface area (Å²) in [5.74, 6) is 0.730. The van der Waals surface area contributed by atoms with Crippen molar-refractivity contribution < 1.29 is 9.47 Å². The molecule has 0 amide bonds. The minimum atomic E-state index is 0.292. The lowest BCUT2D eigenvalue weighted by atomic mass is 10.4. The first-order valence-corrected chi connectivity index (χ1v) is 9.81. The van der Waals surface area contributed by atoms with Crippen LogP contribution in [0.2, 0.25) is 0 Å². The number of hydrogen-bond donors (Lipinski definition) is 4. The number of nitrogens with two attached hydrogens (primary N) is 2. The maximum Gasteiger partial charge on any atom is 0.320 e. The number of nitrogens with one attached hydrogen (secondary N) is 2. The van der Waals surface area contributed by atoms with Gasteiger partial charge in [-0.25, -0.2) is 9.97 Å². The van der Waals surface area contributed by atoms with Crippen molar-refractivity contribution in [2.45, 2.75) is 39.5 Å². The van der Waals surface area contributed by atoms with Gasteiger partial charge in [-0.15, -0.1) is 0 Å². The van der Waals surface area contributed by atoms with E-state index in [2.05, 4.69) is 53.7 Å². The summed E-state index contributed by atoms with van der Waals surface area (Å²) in [5.41, 5.74) is 13.8. The van der Waals surface area contributed by atoms with Gasteiger partial charge >= 0.3 is 12.0 Å². The molecule has 0 bridgehead atoms. The van der Waals surface area contributed by atoms with E-state index in [9.17, 15) is 0 Å². The summed E-state index contributed by atoms with van der Waals surface area (Å²) in [5, 5.41) is 0. The van der Waals surface area contributed by atoms with Crippen molar-refractivity contribution in [3.63, 3.8) is 0 Å². The Kier molecular flexibility index (Phi) is 7.14. The third-order valence-electron chi connectivity index (χ3n) is 4.04. The standard InChI is InChI=1S/2C9H13N5O/c2*1-2-3-4-15-9-13-7(10)6-8(14-9)12-5-11-6/h2*5H,2-4H2,1H3,(H3,10,11,12,13,14). The minimum Gasteiger partial charge on any atom is -0.463 e. The second-order valence-electron chi connectivity index (χ2n) is 6.39. The van der Waals surface area contributed by atoms with Gasteiger partial charge in [0.25, 0.3) is 0 Å². The number of fused-ring (bicyclic) bond motifs is 2. The summed E-state index contributed by atoms with van der Waals surface area (Å²) >= 11 is 0. The maximum absolute atomic E-state index is 5.70. The lowest BCUT2D eigenvalue weighted by molar-refractivity contribution is 0.286. The van der Waals surface area contributed by atoms with E-state index in [1.165, 1.54) is 12.7 Å². The lowest BCUT2D eigenvalue weighted by Crippen LogP contribution is -2.03. The first-order chi connectivity index (χ1) is 14.6. The molecular formula is C18H26N10O2. The predicted molar refractivity (Wildman–Crippen MR) is 113 cm³/mol. The highest BCUT2D eigenvalue weighted by Gasteiger charge is 2.08. The zero-order valence-corrected chi connectivity index (χ0v) is 17.1. The van der Waals surface area contributed by atoms with Crippen LogP contribution in [-0.4, -0.2) is 53.1 Å². The highest BCUT2D eigenvalue weighted by Crippen LogP contribution is 2.17. The number of hydrogen-bond acceptors (Lipinski definition) is 10. The van der Waals surface area contributed by atoms with Gasteiger partial charge in [0.2, 0.25) is 0 Å². The fourth-order valence-corrected chi connectivity index (χ4v) is 2.41. The van der Waals surface area contributed by atoms with Crippen molar-refractivity contribution in [1.29, 1.82) is 0 Å². The Morgan fingerprint density at radius 1 is 0.733 bits per heavy atom. The van der Waals surface area contributed by atoms with E-state index >= 15 is 0 Å². The van der Waals surface area contributed by atoms with Crippen LogP contribution in [0.3, 0.4) is 0 Å². The highest BCUT2D eigenvalue weighted by molar-refractivity contribution is 5.81. The quantitative estimate of drug-likeness (QED) is 0.312. The molecule has 0 aliphatic carbocycles. The molecule has 0 radical (unpaired) electrons. The molecule has 160 valence electrons. The van der Waals surface area contributed by atoms with Crippen molar-refractivity contribution in [3.8, 4) is 12.0 Å². The Morgan fingerprint density at radius 3 is 1.57 bits per heavy atom. The zero-order chi connectivity index (χ0) is 21.3. The SMILES string of the molecule is CCCCOc1nc(N)c2[nH]cnc2n1.CCCCOc1nc(N)c2[nH]cnc2n1. The molecule has 12 heteroatoms. The van der Waals surface area contributed by atoms with Crippen LogP contribution in [0.5, 0.6) is 12.0 Å². The highest BCUT2D eigenvalue weighted by atomic mass is 16.5. The third kappa shape index (κ3) is 5.21. The van der Waals surface area contributed by atoms with Crippen LogP contribution in [0.15, 0.2) is 12.7 Å². The van der Waals surface area contributed by atoms with Crippen LogP contribution < -0.4 is 20.9 Å². The molecule has 0 saturated heterocycles. The molecule has 0 atom stereocenters. The van der Waals surface area contributed by atoms with E-state index in [4.69, 9.17) is 20.9 Å². The zero-order valence-electron chi connectivity index (χ0n) is 17.1. The molecule has 0 saturated carbocycles. The number of nitrogen functional groups attached to an aromatic ring is 2. The second-order valence-corrected chi connectivity index (χ2v) is 6.39. The number of aromatic amines is 2. The Morgan fingerprint density at radius 2 is 1.17 bits per heavy atom. The van der Waals surface area contributed by atoms with Gasteiger partial charge in [-0.05, 0) is 12.8 Å². The Hall–Kier alpha value is -3.70. The van der Waals surface area contributed by atoms with E-state index in [0.717, 1.165) is 25.7 Å². The molecule has 30 heavy (non-hydrogen) atoms. The first-order valence-electron chi connectivity index (χ1n) is 9.81. The first kappa shape index (κ1) is 21.0. The molecule has 0 fully saturated rings. The molecule has 4 aromatic rings. The summed E-state index contributed by atoms with van der Waals surface area (Å²) in [6, 6.07) is 0.584. The van der Waals surface area contributed by atoms with Crippen molar-refractivity contribution in [2.24, 2.45) is 0 Å². The van der Waals surface area contributed by atoms with Gasteiger partial charge < -0.3 is 30.9 Å². The van der Waals surface area contributed by atoms with E-state index in [1.807, 2.05) is 0 Å². The number of imidazole rings is 2. The number of aromatic nitrogens is 8. The van der Waals surface area contributed by atoms with E-state index in [0.29, 0.717) is 59.2 Å². The number of H-pyrrole nitrogens is 2. The van der Waals surface area contributed by atoms with Crippen molar-refractivity contribution in [2.75, 3.05) is 24.7 Å². The molecule has 0 unspecified atom stereocenters. The van der Waals surface area contributed by atoms with E-state index in [-0.39, 0.29) is 0 Å². The average molecular weight is 414 g/mol. The molecule has 0 aliphatic heterocycles. The molecule has 6 N–H and O–H groups in total. The Balaban J connectivity index is 0.000000171. The van der Waals surface area contributed by atoms with Crippen LogP contribution in [0.25, 0.3) is 22.3 Å². The van der Waals surface area contributed by atoms with Gasteiger partial charge in [-0.2, -0.15) is 19.9 Å². The van der Waals surface area contributed by atoms with Crippen molar-refractivity contribution >= 4 is 34.0 Å². The Labute approximate surface area is 172 Å². The molecular weight excluding hydrogens is 388 g/mol. The van der Waals surface area contributed by atoms with Crippen molar-refractivity contribution in [1.82, 2.24) is 39.9 Å². The molecule has 12 nitrogen and oxygen atoms in total. The number of anilines is 2. The van der Waals surface area contributed by atoms with E-state index in [1.54, 1.807) is 0 Å². The topological polar surface area (TPSA) is 179 Å². The third-order valence-corrected chi connectivity index (χ3v) is 4.04. The molecule has 0 aromatic carbocycles. The molecule has 0 spiro atoms. The van der Waals surface area contributed by atoms with Gasteiger partial charge in [0.15, 0.2) is 22.9 Å². The Bertz CT molecular complexity index is 991. The van der Waals surface area contributed by atoms with Crippen LogP contribution in [0.4, 0.5) is 11.6 Å². The van der Waals surface area contributed by atoms with Crippen LogP contribution in [0.1, 0.15) is 39.5 Å². The van der Waals surface area contributed by atoms with Crippen LogP contribution in [0, 0.1) is 0 Å². The lowest BCUT2D eigenvalue weighted by Gasteiger charge is -2.03. The molecule has 0 aliphatic rings. The normalized spacial score (nSPS) is 10.7. The summed E-state index contributed by atoms with van der Waals surface area (Å²) in [6.45, 7) is 5.39. The number of nitrogens with zero attached hydrogens (tertiary/aromatic N) is 6. The van der Waals surface area contributed by atoms with Gasteiger partial charge in [-0.3, -0.25) is 0 Å². The maximum atomic E-state index is 5.70. The second kappa shape index (κ2) is 10.2. The van der Waals surface area contributed by atoms with Gasteiger partial charge in [0, 0.05) is 0 Å². The van der Waals surface area contributed by atoms with E-state index < -0.39 is 0 Å². The molecule has 4 aromatic heterocycles. The van der Waals surface area contributed by atoms with Crippen LogP contribution >= 0.6 is 0 Å². The van der Waals surface area contributed by atoms with Crippen molar-refractivity contribution in [3.05, 3.63) is 12.7 Å². The number of ether oxygens (including phenoxy) is 2. The summed E-state index contributed by atoms with van der Waals surface area (Å²) in [6.07, 6.45) is 7.15. The fraction of sp³-hybridized carbons (Fsp3) is 0.444. The summed E-state index contributed by atoms with van der Waals surface area (Å²) in [7, 11) is 0. The summed E-state index contributed by atoms with van der Waals surface area (Å²) in [4.78, 5) is 30.0.